The molecule has 3 rings (SSSR count). The average Bonchev–Trinajstić information content (AvgIpc) is 3.07. The van der Waals surface area contributed by atoms with Crippen LogP contribution in [-0.2, 0) is 4.79 Å². The van der Waals surface area contributed by atoms with Crippen LogP contribution in [0.5, 0.6) is 0 Å². The van der Waals surface area contributed by atoms with Crippen molar-refractivity contribution in [2.24, 2.45) is 5.92 Å². The second-order valence-electron chi connectivity index (χ2n) is 5.16. The van der Waals surface area contributed by atoms with Gasteiger partial charge in [0, 0.05) is 11.6 Å². The van der Waals surface area contributed by atoms with E-state index >= 15 is 0 Å². The molecule has 1 amide bonds. The third-order valence-electron chi connectivity index (χ3n) is 3.68. The van der Waals surface area contributed by atoms with E-state index in [2.05, 4.69) is 5.32 Å². The molecule has 114 valence electrons. The maximum absolute atomic E-state index is 12.4. The molecule has 1 N–H and O–H groups in total. The number of carbonyl (C=O) groups excluding carboxylic acids is 1. The molecule has 1 aliphatic carbocycles. The monoisotopic (exact) mass is 373 g/mol. The number of benzene rings is 2. The maximum Gasteiger partial charge on any atom is 0.231 e. The molecule has 0 saturated heterocycles. The molecule has 6 heteroatoms. The van der Waals surface area contributed by atoms with Crippen LogP contribution in [0.4, 0.5) is 5.69 Å². The standard InChI is InChI=1S/C16H11Cl4NO/c17-11-7-6-10(8-12(11)18)21-15(22)14-13(16(14,19)20)9-4-2-1-3-5-9/h1-8,13-14H,(H,21,22)/t13-,14-/m1/s1. The summed E-state index contributed by atoms with van der Waals surface area (Å²) < 4.78 is -1.10. The van der Waals surface area contributed by atoms with E-state index in [1.54, 1.807) is 18.2 Å². The molecule has 2 atom stereocenters. The molecule has 22 heavy (non-hydrogen) atoms. The Morgan fingerprint density at radius 2 is 1.68 bits per heavy atom. The van der Waals surface area contributed by atoms with E-state index in [1.807, 2.05) is 30.3 Å². The number of halogens is 4. The highest BCUT2D eigenvalue weighted by atomic mass is 35.5. The van der Waals surface area contributed by atoms with Gasteiger partial charge in [-0.2, -0.15) is 0 Å². The van der Waals surface area contributed by atoms with Crippen molar-refractivity contribution in [1.82, 2.24) is 0 Å². The molecule has 0 heterocycles. The van der Waals surface area contributed by atoms with Gasteiger partial charge in [-0.15, -0.1) is 23.2 Å². The SMILES string of the molecule is O=C(Nc1ccc(Cl)c(Cl)c1)[C@H]1[C@@H](c2ccccc2)C1(Cl)Cl. The number of nitrogens with one attached hydrogen (secondary N) is 1. The van der Waals surface area contributed by atoms with Crippen molar-refractivity contribution in [3.8, 4) is 0 Å². The number of rotatable bonds is 3. The van der Waals surface area contributed by atoms with Crippen LogP contribution in [0, 0.1) is 5.92 Å². The predicted molar refractivity (Wildman–Crippen MR) is 92.2 cm³/mol. The van der Waals surface area contributed by atoms with Gasteiger partial charge in [-0.1, -0.05) is 53.5 Å². The second kappa shape index (κ2) is 5.93. The van der Waals surface area contributed by atoms with Crippen LogP contribution in [0.1, 0.15) is 11.5 Å². The number of alkyl halides is 2. The first kappa shape index (κ1) is 15.9. The minimum Gasteiger partial charge on any atom is -0.326 e. The molecule has 2 aromatic carbocycles. The van der Waals surface area contributed by atoms with Gasteiger partial charge >= 0.3 is 0 Å². The lowest BCUT2D eigenvalue weighted by Gasteiger charge is -2.06. The van der Waals surface area contributed by atoms with E-state index in [9.17, 15) is 4.79 Å². The highest BCUT2D eigenvalue weighted by Gasteiger charge is 2.67. The lowest BCUT2D eigenvalue weighted by Crippen LogP contribution is -2.17. The first-order valence-electron chi connectivity index (χ1n) is 6.60. The van der Waals surface area contributed by atoms with E-state index < -0.39 is 10.3 Å². The van der Waals surface area contributed by atoms with Gasteiger partial charge in [-0.3, -0.25) is 4.79 Å². The zero-order valence-corrected chi connectivity index (χ0v) is 14.2. The Morgan fingerprint density at radius 3 is 2.32 bits per heavy atom. The smallest absolute Gasteiger partial charge is 0.231 e. The summed E-state index contributed by atoms with van der Waals surface area (Å²) in [6, 6.07) is 14.4. The van der Waals surface area contributed by atoms with Gasteiger partial charge in [0.1, 0.15) is 4.33 Å². The van der Waals surface area contributed by atoms with Gasteiger partial charge in [0.25, 0.3) is 0 Å². The summed E-state index contributed by atoms with van der Waals surface area (Å²) in [5.74, 6) is -0.968. The summed E-state index contributed by atoms with van der Waals surface area (Å²) in [7, 11) is 0. The van der Waals surface area contributed by atoms with Crippen LogP contribution in [0.15, 0.2) is 48.5 Å². The molecular weight excluding hydrogens is 364 g/mol. The van der Waals surface area contributed by atoms with Gasteiger partial charge in [0.2, 0.25) is 5.91 Å². The normalized spacial score (nSPS) is 22.2. The Balaban J connectivity index is 1.77. The van der Waals surface area contributed by atoms with Crippen molar-refractivity contribution in [2.45, 2.75) is 10.3 Å². The Bertz CT molecular complexity index is 717. The lowest BCUT2D eigenvalue weighted by molar-refractivity contribution is -0.117. The van der Waals surface area contributed by atoms with Gasteiger partial charge in [-0.25, -0.2) is 0 Å². The highest BCUT2D eigenvalue weighted by molar-refractivity contribution is 6.53. The molecule has 0 aliphatic heterocycles. The van der Waals surface area contributed by atoms with Crippen LogP contribution in [-0.4, -0.2) is 10.2 Å². The van der Waals surface area contributed by atoms with Gasteiger partial charge in [-0.05, 0) is 23.8 Å². The van der Waals surface area contributed by atoms with Crippen LogP contribution in [0.3, 0.4) is 0 Å². The number of hydrogen-bond acceptors (Lipinski definition) is 1. The Morgan fingerprint density at radius 1 is 1.00 bits per heavy atom. The first-order valence-corrected chi connectivity index (χ1v) is 8.11. The molecule has 1 fully saturated rings. The summed E-state index contributed by atoms with van der Waals surface area (Å²) in [5.41, 5.74) is 1.50. The van der Waals surface area contributed by atoms with E-state index in [4.69, 9.17) is 46.4 Å². The summed E-state index contributed by atoms with van der Waals surface area (Å²) in [6.45, 7) is 0. The average molecular weight is 375 g/mol. The molecule has 0 bridgehead atoms. The Kier molecular flexibility index (Phi) is 4.30. The van der Waals surface area contributed by atoms with Gasteiger partial charge in [0.05, 0.1) is 16.0 Å². The van der Waals surface area contributed by atoms with Crippen LogP contribution in [0.2, 0.25) is 10.0 Å². The summed E-state index contributed by atoms with van der Waals surface area (Å²) in [5, 5.41) is 3.58. The number of carbonyl (C=O) groups is 1. The molecule has 0 spiro atoms. The van der Waals surface area contributed by atoms with Crippen LogP contribution in [0.25, 0.3) is 0 Å². The molecule has 2 aromatic rings. The first-order chi connectivity index (χ1) is 10.4. The fourth-order valence-electron chi connectivity index (χ4n) is 2.52. The Hall–Kier alpha value is -0.930. The van der Waals surface area contributed by atoms with E-state index in [0.717, 1.165) is 5.56 Å². The topological polar surface area (TPSA) is 29.1 Å². The number of hydrogen-bond donors (Lipinski definition) is 1. The minimum absolute atomic E-state index is 0.222. The van der Waals surface area contributed by atoms with Crippen LogP contribution >= 0.6 is 46.4 Å². The summed E-state index contributed by atoms with van der Waals surface area (Å²) >= 11 is 24.4. The number of amides is 1. The highest BCUT2D eigenvalue weighted by Crippen LogP contribution is 2.65. The summed E-state index contributed by atoms with van der Waals surface area (Å²) in [4.78, 5) is 12.4. The Labute approximate surface area is 148 Å². The molecule has 0 aromatic heterocycles. The minimum atomic E-state index is -1.10. The maximum atomic E-state index is 12.4. The fourth-order valence-corrected chi connectivity index (χ4v) is 3.65. The van der Waals surface area contributed by atoms with Gasteiger partial charge in [0.15, 0.2) is 0 Å². The molecular formula is C16H11Cl4NO. The van der Waals surface area contributed by atoms with Crippen molar-refractivity contribution in [3.63, 3.8) is 0 Å². The zero-order chi connectivity index (χ0) is 15.9. The van der Waals surface area contributed by atoms with E-state index in [-0.39, 0.29) is 11.8 Å². The predicted octanol–water partition coefficient (Wildman–Crippen LogP) is 5.52. The van der Waals surface area contributed by atoms with Crippen LogP contribution < -0.4 is 5.32 Å². The van der Waals surface area contributed by atoms with Crippen molar-refractivity contribution >= 4 is 58.0 Å². The van der Waals surface area contributed by atoms with Crippen molar-refractivity contribution < 1.29 is 4.79 Å². The quantitative estimate of drug-likeness (QED) is 0.704. The van der Waals surface area contributed by atoms with Crippen molar-refractivity contribution in [1.29, 1.82) is 0 Å². The fraction of sp³-hybridized carbons (Fsp3) is 0.188. The third kappa shape index (κ3) is 2.93. The molecule has 1 saturated carbocycles. The third-order valence-corrected chi connectivity index (χ3v) is 5.36. The van der Waals surface area contributed by atoms with Gasteiger partial charge < -0.3 is 5.32 Å². The molecule has 0 radical (unpaired) electrons. The second-order valence-corrected chi connectivity index (χ2v) is 7.42. The molecule has 1 aliphatic rings. The summed E-state index contributed by atoms with van der Waals surface area (Å²) in [6.07, 6.45) is 0. The molecule has 2 nitrogen and oxygen atoms in total. The largest absolute Gasteiger partial charge is 0.326 e. The van der Waals surface area contributed by atoms with Crippen molar-refractivity contribution in [2.75, 3.05) is 5.32 Å². The van der Waals surface area contributed by atoms with E-state index in [1.165, 1.54) is 0 Å². The zero-order valence-electron chi connectivity index (χ0n) is 11.2. The molecule has 0 unspecified atom stereocenters. The number of anilines is 1. The van der Waals surface area contributed by atoms with E-state index in [0.29, 0.717) is 15.7 Å². The lowest BCUT2D eigenvalue weighted by atomic mass is 10.1. The van der Waals surface area contributed by atoms with Crippen molar-refractivity contribution in [3.05, 3.63) is 64.1 Å².